The SMILES string of the molecule is N#Cc1ccc(C(N)C2=C(Nc3cccc(CF)c3)CCCC2=O)c(Br)c1. The first-order valence-corrected chi connectivity index (χ1v) is 9.46. The number of carbonyl (C=O) groups is 1. The third-order valence-electron chi connectivity index (χ3n) is 4.61. The number of alkyl halides is 1. The van der Waals surface area contributed by atoms with Crippen molar-refractivity contribution in [1.82, 2.24) is 0 Å². The molecule has 0 spiro atoms. The highest BCUT2D eigenvalue weighted by atomic mass is 79.9. The smallest absolute Gasteiger partial charge is 0.162 e. The van der Waals surface area contributed by atoms with Crippen molar-refractivity contribution < 1.29 is 9.18 Å². The van der Waals surface area contributed by atoms with E-state index >= 15 is 0 Å². The number of nitriles is 1. The molecule has 0 heterocycles. The largest absolute Gasteiger partial charge is 0.358 e. The molecule has 0 aliphatic heterocycles. The van der Waals surface area contributed by atoms with E-state index in [4.69, 9.17) is 11.0 Å². The first-order chi connectivity index (χ1) is 13.0. The molecule has 4 nitrogen and oxygen atoms in total. The highest BCUT2D eigenvalue weighted by Crippen LogP contribution is 2.34. The average Bonchev–Trinajstić information content (AvgIpc) is 2.67. The number of allylic oxidation sites excluding steroid dienone is 1. The molecule has 3 N–H and O–H groups in total. The van der Waals surface area contributed by atoms with Gasteiger partial charge in [0.05, 0.1) is 17.7 Å². The average molecular weight is 428 g/mol. The third-order valence-corrected chi connectivity index (χ3v) is 5.30. The van der Waals surface area contributed by atoms with Crippen LogP contribution in [0.3, 0.4) is 0 Å². The second kappa shape index (κ2) is 8.47. The van der Waals surface area contributed by atoms with E-state index in [1.807, 2.05) is 6.07 Å². The molecule has 0 radical (unpaired) electrons. The van der Waals surface area contributed by atoms with Crippen LogP contribution in [0, 0.1) is 11.3 Å². The Labute approximate surface area is 166 Å². The van der Waals surface area contributed by atoms with Crippen molar-refractivity contribution in [2.45, 2.75) is 32.0 Å². The summed E-state index contributed by atoms with van der Waals surface area (Å²) in [5, 5.41) is 12.3. The highest BCUT2D eigenvalue weighted by Gasteiger charge is 2.28. The van der Waals surface area contributed by atoms with Crippen LogP contribution in [0.15, 0.2) is 58.2 Å². The minimum atomic E-state index is -0.619. The monoisotopic (exact) mass is 427 g/mol. The Morgan fingerprint density at radius 2 is 2.07 bits per heavy atom. The van der Waals surface area contributed by atoms with Gasteiger partial charge < -0.3 is 11.1 Å². The summed E-state index contributed by atoms with van der Waals surface area (Å²) in [6.07, 6.45) is 1.89. The molecule has 1 aliphatic carbocycles. The van der Waals surface area contributed by atoms with Gasteiger partial charge in [0, 0.05) is 27.9 Å². The van der Waals surface area contributed by atoms with Gasteiger partial charge >= 0.3 is 0 Å². The second-order valence-electron chi connectivity index (χ2n) is 6.45. The molecule has 138 valence electrons. The van der Waals surface area contributed by atoms with Crippen molar-refractivity contribution in [2.75, 3.05) is 5.32 Å². The Morgan fingerprint density at radius 1 is 1.26 bits per heavy atom. The van der Waals surface area contributed by atoms with Crippen LogP contribution in [0.2, 0.25) is 0 Å². The molecule has 0 saturated carbocycles. The van der Waals surface area contributed by atoms with Crippen LogP contribution in [0.1, 0.15) is 42.0 Å². The first kappa shape index (κ1) is 19.3. The molecular weight excluding hydrogens is 409 g/mol. The van der Waals surface area contributed by atoms with Gasteiger partial charge in [0.25, 0.3) is 0 Å². The first-order valence-electron chi connectivity index (χ1n) is 8.66. The summed E-state index contributed by atoms with van der Waals surface area (Å²) in [6.45, 7) is -0.544. The van der Waals surface area contributed by atoms with Gasteiger partial charge in [0.1, 0.15) is 6.67 Å². The van der Waals surface area contributed by atoms with E-state index in [1.54, 1.807) is 36.4 Å². The van der Waals surface area contributed by atoms with Crippen molar-refractivity contribution >= 4 is 27.4 Å². The standard InChI is InChI=1S/C21H19BrFN3O/c22-17-10-14(12-24)7-8-16(17)21(25)20-18(5-2-6-19(20)27)26-15-4-1-3-13(9-15)11-23/h1,3-4,7-10,21,26H,2,5-6,11,25H2. The van der Waals surface area contributed by atoms with E-state index in [-0.39, 0.29) is 5.78 Å². The van der Waals surface area contributed by atoms with E-state index in [2.05, 4.69) is 27.3 Å². The van der Waals surface area contributed by atoms with Crippen LogP contribution in [-0.2, 0) is 11.5 Å². The number of halogens is 2. The van der Waals surface area contributed by atoms with E-state index in [1.165, 1.54) is 0 Å². The summed E-state index contributed by atoms with van der Waals surface area (Å²) in [6, 6.07) is 13.7. The lowest BCUT2D eigenvalue weighted by atomic mass is 9.86. The molecule has 0 aromatic heterocycles. The molecule has 6 heteroatoms. The van der Waals surface area contributed by atoms with Gasteiger partial charge in [-0.05, 0) is 48.2 Å². The van der Waals surface area contributed by atoms with Gasteiger partial charge in [-0.2, -0.15) is 5.26 Å². The van der Waals surface area contributed by atoms with Crippen LogP contribution >= 0.6 is 15.9 Å². The van der Waals surface area contributed by atoms with Crippen LogP contribution in [-0.4, -0.2) is 5.78 Å². The predicted octanol–water partition coefficient (Wildman–Crippen LogP) is 4.91. The summed E-state index contributed by atoms with van der Waals surface area (Å²) in [5.41, 5.74) is 10.3. The zero-order valence-electron chi connectivity index (χ0n) is 14.6. The van der Waals surface area contributed by atoms with Crippen molar-refractivity contribution in [3.63, 3.8) is 0 Å². The van der Waals surface area contributed by atoms with Gasteiger partial charge in [-0.15, -0.1) is 0 Å². The van der Waals surface area contributed by atoms with E-state index in [0.29, 0.717) is 34.0 Å². The highest BCUT2D eigenvalue weighted by molar-refractivity contribution is 9.10. The van der Waals surface area contributed by atoms with Crippen LogP contribution in [0.25, 0.3) is 0 Å². The van der Waals surface area contributed by atoms with Gasteiger partial charge in [-0.1, -0.05) is 34.1 Å². The number of nitrogens with one attached hydrogen (secondary N) is 1. The fraction of sp³-hybridized carbons (Fsp3) is 0.238. The maximum atomic E-state index is 12.9. The number of anilines is 1. The molecule has 2 aromatic carbocycles. The van der Waals surface area contributed by atoms with Crippen molar-refractivity contribution in [3.05, 3.63) is 74.9 Å². The maximum absolute atomic E-state index is 12.9. The molecule has 3 rings (SSSR count). The van der Waals surface area contributed by atoms with E-state index in [9.17, 15) is 9.18 Å². The summed E-state index contributed by atoms with van der Waals surface area (Å²) in [4.78, 5) is 12.7. The predicted molar refractivity (Wildman–Crippen MR) is 107 cm³/mol. The Balaban J connectivity index is 1.99. The normalized spacial score (nSPS) is 15.4. The molecule has 0 fully saturated rings. The molecule has 1 unspecified atom stereocenters. The molecule has 27 heavy (non-hydrogen) atoms. The van der Waals surface area contributed by atoms with Crippen LogP contribution in [0.5, 0.6) is 0 Å². The van der Waals surface area contributed by atoms with Gasteiger partial charge in [0.15, 0.2) is 5.78 Å². The number of hydrogen-bond acceptors (Lipinski definition) is 4. The minimum absolute atomic E-state index is 0.00848. The Morgan fingerprint density at radius 3 is 2.78 bits per heavy atom. The number of ketones is 1. The van der Waals surface area contributed by atoms with Crippen molar-refractivity contribution in [3.8, 4) is 6.07 Å². The molecule has 0 saturated heterocycles. The quantitative estimate of drug-likeness (QED) is 0.710. The van der Waals surface area contributed by atoms with Crippen molar-refractivity contribution in [2.24, 2.45) is 5.73 Å². The number of hydrogen-bond donors (Lipinski definition) is 2. The zero-order valence-corrected chi connectivity index (χ0v) is 16.2. The molecule has 0 amide bonds. The number of nitrogens with zero attached hydrogens (tertiary/aromatic N) is 1. The number of rotatable bonds is 5. The van der Waals surface area contributed by atoms with Gasteiger partial charge in [-0.25, -0.2) is 4.39 Å². The zero-order chi connectivity index (χ0) is 19.4. The lowest BCUT2D eigenvalue weighted by Gasteiger charge is -2.26. The summed E-state index contributed by atoms with van der Waals surface area (Å²) in [5.74, 6) is 0.00848. The summed E-state index contributed by atoms with van der Waals surface area (Å²) < 4.78 is 13.6. The number of nitrogens with two attached hydrogens (primary N) is 1. The molecule has 1 aliphatic rings. The van der Waals surface area contributed by atoms with Crippen LogP contribution < -0.4 is 11.1 Å². The van der Waals surface area contributed by atoms with Gasteiger partial charge in [0.2, 0.25) is 0 Å². The van der Waals surface area contributed by atoms with E-state index < -0.39 is 12.7 Å². The summed E-state index contributed by atoms with van der Waals surface area (Å²) >= 11 is 3.45. The van der Waals surface area contributed by atoms with Gasteiger partial charge in [-0.3, -0.25) is 4.79 Å². The lowest BCUT2D eigenvalue weighted by molar-refractivity contribution is -0.116. The fourth-order valence-corrected chi connectivity index (χ4v) is 3.89. The molecule has 2 aromatic rings. The number of carbonyl (C=O) groups excluding carboxylic acids is 1. The van der Waals surface area contributed by atoms with E-state index in [0.717, 1.165) is 23.4 Å². The molecule has 0 bridgehead atoms. The molecular formula is C21H19BrFN3O. The van der Waals surface area contributed by atoms with Crippen LogP contribution in [0.4, 0.5) is 10.1 Å². The maximum Gasteiger partial charge on any atom is 0.162 e. The fourth-order valence-electron chi connectivity index (χ4n) is 3.27. The number of Topliss-reactive ketones (excluding diaryl/α,β-unsaturated/α-hetero) is 1. The number of benzene rings is 2. The third kappa shape index (κ3) is 4.26. The summed E-state index contributed by atoms with van der Waals surface area (Å²) in [7, 11) is 0. The lowest BCUT2D eigenvalue weighted by Crippen LogP contribution is -2.26. The Kier molecular flexibility index (Phi) is 6.04. The topological polar surface area (TPSA) is 78.9 Å². The Bertz CT molecular complexity index is 949. The minimum Gasteiger partial charge on any atom is -0.358 e. The van der Waals surface area contributed by atoms with Crippen molar-refractivity contribution in [1.29, 1.82) is 5.26 Å². The Hall–Kier alpha value is -2.49. The second-order valence-corrected chi connectivity index (χ2v) is 7.31. The molecule has 1 atom stereocenters.